The van der Waals surface area contributed by atoms with Gasteiger partial charge in [-0.05, 0) is 24.6 Å². The Morgan fingerprint density at radius 2 is 2.33 bits per heavy atom. The molecule has 1 fully saturated rings. The fourth-order valence-corrected chi connectivity index (χ4v) is 2.35. The topological polar surface area (TPSA) is 84.3 Å². The molecular weight excluding hydrogens is 236 g/mol. The number of carbonyl (C=O) groups is 1. The Kier molecular flexibility index (Phi) is 2.45. The van der Waals surface area contributed by atoms with Crippen LogP contribution in [0.5, 0.6) is 0 Å². The van der Waals surface area contributed by atoms with Gasteiger partial charge in [0.25, 0.3) is 0 Å². The van der Waals surface area contributed by atoms with Crippen molar-refractivity contribution in [3.8, 4) is 0 Å². The molecule has 1 atom stereocenters. The molecule has 18 heavy (non-hydrogen) atoms. The van der Waals surface area contributed by atoms with E-state index in [1.165, 1.54) is 12.1 Å². The minimum absolute atomic E-state index is 0.0296. The highest BCUT2D eigenvalue weighted by atomic mass is 16.5. The third-order valence-electron chi connectivity index (χ3n) is 3.23. The normalized spacial score (nSPS) is 19.4. The number of aromatic nitrogens is 2. The number of nitrogens with zero attached hydrogens (tertiary/aromatic N) is 1. The van der Waals surface area contributed by atoms with E-state index in [2.05, 4.69) is 4.98 Å². The van der Waals surface area contributed by atoms with Crippen molar-refractivity contribution in [2.75, 3.05) is 13.2 Å². The Hall–Kier alpha value is -2.08. The summed E-state index contributed by atoms with van der Waals surface area (Å²) < 4.78 is 6.93. The molecule has 3 rings (SSSR count). The first-order chi connectivity index (χ1) is 8.66. The molecule has 1 aliphatic rings. The number of aromatic amines is 1. The lowest BCUT2D eigenvalue weighted by molar-refractivity contribution is 0.0697. The molecule has 1 aliphatic heterocycles. The molecule has 1 unspecified atom stereocenters. The van der Waals surface area contributed by atoms with Gasteiger partial charge in [-0.1, -0.05) is 0 Å². The highest BCUT2D eigenvalue weighted by Crippen LogP contribution is 2.22. The summed E-state index contributed by atoms with van der Waals surface area (Å²) in [5.74, 6) is -1.00. The van der Waals surface area contributed by atoms with Gasteiger partial charge in [-0.3, -0.25) is 4.57 Å². The second-order valence-corrected chi connectivity index (χ2v) is 4.35. The number of benzene rings is 1. The number of H-pyrrole nitrogens is 1. The fraction of sp³-hybridized carbons (Fsp3) is 0.333. The number of rotatable bonds is 2. The van der Waals surface area contributed by atoms with Gasteiger partial charge in [0.05, 0.1) is 29.2 Å². The predicted molar refractivity (Wildman–Crippen MR) is 64.0 cm³/mol. The van der Waals surface area contributed by atoms with Gasteiger partial charge in [-0.15, -0.1) is 0 Å². The minimum atomic E-state index is -1.00. The highest BCUT2D eigenvalue weighted by molar-refractivity contribution is 5.92. The van der Waals surface area contributed by atoms with Crippen LogP contribution in [-0.2, 0) is 4.74 Å². The van der Waals surface area contributed by atoms with Crippen LogP contribution in [0, 0.1) is 0 Å². The van der Waals surface area contributed by atoms with E-state index in [-0.39, 0.29) is 17.3 Å². The van der Waals surface area contributed by atoms with Crippen LogP contribution < -0.4 is 5.69 Å². The van der Waals surface area contributed by atoms with E-state index < -0.39 is 5.97 Å². The number of aromatic carboxylic acids is 1. The summed E-state index contributed by atoms with van der Waals surface area (Å²) >= 11 is 0. The summed E-state index contributed by atoms with van der Waals surface area (Å²) in [6, 6.07) is 4.67. The monoisotopic (exact) mass is 248 g/mol. The SMILES string of the molecule is O=C(O)c1ccc2c(c1)[nH]c(=O)n2C1CCOC1. The van der Waals surface area contributed by atoms with Crippen molar-refractivity contribution in [2.24, 2.45) is 0 Å². The van der Waals surface area contributed by atoms with Crippen molar-refractivity contribution in [3.63, 3.8) is 0 Å². The largest absolute Gasteiger partial charge is 0.478 e. The van der Waals surface area contributed by atoms with Crippen molar-refractivity contribution in [1.29, 1.82) is 0 Å². The number of imidazole rings is 1. The molecule has 0 aliphatic carbocycles. The quantitative estimate of drug-likeness (QED) is 0.830. The van der Waals surface area contributed by atoms with Crippen molar-refractivity contribution in [1.82, 2.24) is 9.55 Å². The van der Waals surface area contributed by atoms with Crippen LogP contribution in [0.2, 0.25) is 0 Å². The average Bonchev–Trinajstić information content (AvgIpc) is 2.93. The fourth-order valence-electron chi connectivity index (χ4n) is 2.35. The maximum absolute atomic E-state index is 11.9. The van der Waals surface area contributed by atoms with Crippen LogP contribution in [0.1, 0.15) is 22.8 Å². The molecule has 2 N–H and O–H groups in total. The van der Waals surface area contributed by atoms with Crippen molar-refractivity contribution >= 4 is 17.0 Å². The second-order valence-electron chi connectivity index (χ2n) is 4.35. The lowest BCUT2D eigenvalue weighted by Gasteiger charge is -2.09. The third-order valence-corrected chi connectivity index (χ3v) is 3.23. The van der Waals surface area contributed by atoms with Gasteiger partial charge in [0, 0.05) is 6.61 Å². The summed E-state index contributed by atoms with van der Waals surface area (Å²) in [5.41, 5.74) is 1.22. The first-order valence-electron chi connectivity index (χ1n) is 5.72. The van der Waals surface area contributed by atoms with Crippen molar-refractivity contribution < 1.29 is 14.6 Å². The third kappa shape index (κ3) is 1.62. The zero-order valence-corrected chi connectivity index (χ0v) is 9.55. The summed E-state index contributed by atoms with van der Waals surface area (Å²) in [5, 5.41) is 8.91. The minimum Gasteiger partial charge on any atom is -0.478 e. The Labute approximate surface area is 102 Å². The van der Waals surface area contributed by atoms with Crippen LogP contribution >= 0.6 is 0 Å². The van der Waals surface area contributed by atoms with E-state index in [4.69, 9.17) is 9.84 Å². The van der Waals surface area contributed by atoms with E-state index >= 15 is 0 Å². The first kappa shape index (κ1) is 11.0. The van der Waals surface area contributed by atoms with E-state index in [9.17, 15) is 9.59 Å². The lowest BCUT2D eigenvalue weighted by Crippen LogP contribution is -2.22. The zero-order chi connectivity index (χ0) is 12.7. The number of carboxylic acids is 1. The summed E-state index contributed by atoms with van der Waals surface area (Å²) in [6.45, 7) is 1.17. The molecule has 0 amide bonds. The molecule has 0 bridgehead atoms. The van der Waals surface area contributed by atoms with Crippen LogP contribution in [0.25, 0.3) is 11.0 Å². The van der Waals surface area contributed by atoms with Gasteiger partial charge >= 0.3 is 11.7 Å². The number of hydrogen-bond donors (Lipinski definition) is 2. The summed E-state index contributed by atoms with van der Waals surface area (Å²) in [4.78, 5) is 25.5. The van der Waals surface area contributed by atoms with Gasteiger partial charge in [0.15, 0.2) is 0 Å². The van der Waals surface area contributed by atoms with Gasteiger partial charge in [0.1, 0.15) is 0 Å². The molecule has 94 valence electrons. The molecule has 6 heteroatoms. The molecule has 2 aromatic rings. The van der Waals surface area contributed by atoms with E-state index in [1.807, 2.05) is 0 Å². The standard InChI is InChI=1S/C12H12N2O4/c15-11(16)7-1-2-10-9(5-7)13-12(17)14(10)8-3-4-18-6-8/h1-2,5,8H,3-4,6H2,(H,13,17)(H,15,16). The smallest absolute Gasteiger partial charge is 0.335 e. The van der Waals surface area contributed by atoms with Gasteiger partial charge in [-0.25, -0.2) is 9.59 Å². The number of nitrogens with one attached hydrogen (secondary N) is 1. The molecular formula is C12H12N2O4. The first-order valence-corrected chi connectivity index (χ1v) is 5.72. The van der Waals surface area contributed by atoms with Crippen LogP contribution in [0.3, 0.4) is 0 Å². The number of hydrogen-bond acceptors (Lipinski definition) is 3. The molecule has 1 aromatic heterocycles. The predicted octanol–water partition coefficient (Wildman–Crippen LogP) is 0.989. The average molecular weight is 248 g/mol. The maximum Gasteiger partial charge on any atom is 0.335 e. The maximum atomic E-state index is 11.9. The molecule has 1 aromatic carbocycles. The summed E-state index contributed by atoms with van der Waals surface area (Å²) in [7, 11) is 0. The van der Waals surface area contributed by atoms with Crippen molar-refractivity contribution in [2.45, 2.75) is 12.5 Å². The van der Waals surface area contributed by atoms with E-state index in [0.717, 1.165) is 11.9 Å². The van der Waals surface area contributed by atoms with Crippen molar-refractivity contribution in [3.05, 3.63) is 34.2 Å². The Morgan fingerprint density at radius 3 is 3.00 bits per heavy atom. The Bertz CT molecular complexity index is 664. The second kappa shape index (κ2) is 3.99. The Balaban J connectivity index is 2.18. The number of ether oxygens (including phenoxy) is 1. The molecule has 6 nitrogen and oxygen atoms in total. The molecule has 0 radical (unpaired) electrons. The highest BCUT2D eigenvalue weighted by Gasteiger charge is 2.22. The number of carboxylic acid groups (broad SMARTS) is 1. The van der Waals surface area contributed by atoms with Gasteiger partial charge in [0.2, 0.25) is 0 Å². The van der Waals surface area contributed by atoms with Crippen LogP contribution in [0.15, 0.2) is 23.0 Å². The molecule has 1 saturated heterocycles. The van der Waals surface area contributed by atoms with Gasteiger partial charge < -0.3 is 14.8 Å². The zero-order valence-electron chi connectivity index (χ0n) is 9.55. The van der Waals surface area contributed by atoms with Crippen LogP contribution in [0.4, 0.5) is 0 Å². The van der Waals surface area contributed by atoms with Crippen LogP contribution in [-0.4, -0.2) is 33.8 Å². The molecule has 0 saturated carbocycles. The number of fused-ring (bicyclic) bond motifs is 1. The van der Waals surface area contributed by atoms with Gasteiger partial charge in [-0.2, -0.15) is 0 Å². The van der Waals surface area contributed by atoms with E-state index in [0.29, 0.717) is 18.7 Å². The summed E-state index contributed by atoms with van der Waals surface area (Å²) in [6.07, 6.45) is 0.799. The Morgan fingerprint density at radius 1 is 1.50 bits per heavy atom. The molecule has 0 spiro atoms. The molecule has 2 heterocycles. The van der Waals surface area contributed by atoms with E-state index in [1.54, 1.807) is 10.6 Å². The lowest BCUT2D eigenvalue weighted by atomic mass is 10.2.